The van der Waals surface area contributed by atoms with Crippen molar-refractivity contribution in [3.05, 3.63) is 29.4 Å². The fraction of sp³-hybridized carbons (Fsp3) is 0.615. The van der Waals surface area contributed by atoms with E-state index in [4.69, 9.17) is 4.52 Å². The molecule has 0 fully saturated rings. The predicted octanol–water partition coefficient (Wildman–Crippen LogP) is 2.15. The Morgan fingerprint density at radius 1 is 1.33 bits per heavy atom. The van der Waals surface area contributed by atoms with Gasteiger partial charge in [0.05, 0.1) is 18.6 Å². The summed E-state index contributed by atoms with van der Waals surface area (Å²) in [5, 5.41) is 4.02. The quantitative estimate of drug-likeness (QED) is 0.829. The van der Waals surface area contributed by atoms with Crippen molar-refractivity contribution in [1.29, 1.82) is 0 Å². The van der Waals surface area contributed by atoms with Crippen LogP contribution in [0, 0.1) is 0 Å². The van der Waals surface area contributed by atoms with Crippen LogP contribution in [0.1, 0.15) is 49.3 Å². The minimum Gasteiger partial charge on any atom is -0.339 e. The van der Waals surface area contributed by atoms with E-state index in [0.29, 0.717) is 6.54 Å². The molecule has 0 bridgehead atoms. The standard InChI is InChI=1S/C13H18N4O/c1-2-5-13-15-12(16-18-13)8-17-9-14-10-6-3-4-7-11(10)17/h9H,2-8H2,1H3. The summed E-state index contributed by atoms with van der Waals surface area (Å²) in [6.07, 6.45) is 8.53. The molecule has 0 spiro atoms. The van der Waals surface area contributed by atoms with E-state index in [1.54, 1.807) is 0 Å². The molecule has 5 nitrogen and oxygen atoms in total. The Labute approximate surface area is 106 Å². The SMILES string of the molecule is CCCc1nc(Cn2cnc3c2CCCC3)no1. The zero-order valence-corrected chi connectivity index (χ0v) is 10.7. The lowest BCUT2D eigenvalue weighted by Crippen LogP contribution is -2.09. The van der Waals surface area contributed by atoms with Crippen LogP contribution in [0.25, 0.3) is 0 Å². The highest BCUT2D eigenvalue weighted by molar-refractivity contribution is 5.17. The van der Waals surface area contributed by atoms with Crippen LogP contribution in [0.4, 0.5) is 0 Å². The van der Waals surface area contributed by atoms with Gasteiger partial charge in [-0.25, -0.2) is 4.98 Å². The van der Waals surface area contributed by atoms with E-state index in [1.165, 1.54) is 24.2 Å². The van der Waals surface area contributed by atoms with E-state index in [2.05, 4.69) is 26.6 Å². The second-order valence-electron chi connectivity index (χ2n) is 4.83. The van der Waals surface area contributed by atoms with Crippen LogP contribution < -0.4 is 0 Å². The molecular formula is C13H18N4O. The van der Waals surface area contributed by atoms with Crippen LogP contribution in [-0.2, 0) is 25.8 Å². The zero-order valence-electron chi connectivity index (χ0n) is 10.7. The van der Waals surface area contributed by atoms with E-state index >= 15 is 0 Å². The van der Waals surface area contributed by atoms with E-state index in [0.717, 1.165) is 37.4 Å². The first kappa shape index (κ1) is 11.4. The summed E-state index contributed by atoms with van der Waals surface area (Å²) >= 11 is 0. The highest BCUT2D eigenvalue weighted by Gasteiger charge is 2.16. The molecule has 0 atom stereocenters. The summed E-state index contributed by atoms with van der Waals surface area (Å²) in [5.41, 5.74) is 2.60. The maximum atomic E-state index is 5.20. The van der Waals surface area contributed by atoms with E-state index in [1.807, 2.05) is 6.33 Å². The number of aryl methyl sites for hydroxylation is 2. The number of aromatic nitrogens is 4. The third kappa shape index (κ3) is 2.17. The van der Waals surface area contributed by atoms with Gasteiger partial charge in [0.15, 0.2) is 5.82 Å². The lowest BCUT2D eigenvalue weighted by atomic mass is 10.0. The van der Waals surface area contributed by atoms with Crippen LogP contribution >= 0.6 is 0 Å². The Kier molecular flexibility index (Phi) is 3.13. The minimum absolute atomic E-state index is 0.676. The van der Waals surface area contributed by atoms with Gasteiger partial charge in [0, 0.05) is 12.1 Å². The van der Waals surface area contributed by atoms with Gasteiger partial charge in [-0.05, 0) is 32.1 Å². The molecule has 0 aromatic carbocycles. The van der Waals surface area contributed by atoms with Crippen LogP contribution in [0.2, 0.25) is 0 Å². The molecule has 96 valence electrons. The normalized spacial score (nSPS) is 14.7. The molecule has 1 aliphatic rings. The Hall–Kier alpha value is -1.65. The van der Waals surface area contributed by atoms with Crippen molar-refractivity contribution < 1.29 is 4.52 Å². The first-order valence-electron chi connectivity index (χ1n) is 6.71. The average molecular weight is 246 g/mol. The lowest BCUT2D eigenvalue weighted by Gasteiger charge is -2.12. The second-order valence-corrected chi connectivity index (χ2v) is 4.83. The molecule has 2 heterocycles. The molecular weight excluding hydrogens is 228 g/mol. The molecule has 0 N–H and O–H groups in total. The van der Waals surface area contributed by atoms with E-state index in [-0.39, 0.29) is 0 Å². The number of imidazole rings is 1. The Balaban J connectivity index is 1.77. The Morgan fingerprint density at radius 3 is 3.11 bits per heavy atom. The molecule has 2 aromatic heterocycles. The number of hydrogen-bond acceptors (Lipinski definition) is 4. The van der Waals surface area contributed by atoms with Crippen molar-refractivity contribution in [3.63, 3.8) is 0 Å². The molecule has 2 aromatic rings. The third-order valence-electron chi connectivity index (χ3n) is 3.40. The van der Waals surface area contributed by atoms with Gasteiger partial charge in [0.1, 0.15) is 0 Å². The van der Waals surface area contributed by atoms with E-state index in [9.17, 15) is 0 Å². The minimum atomic E-state index is 0.676. The van der Waals surface area contributed by atoms with Gasteiger partial charge in [-0.3, -0.25) is 0 Å². The summed E-state index contributed by atoms with van der Waals surface area (Å²) in [7, 11) is 0. The van der Waals surface area contributed by atoms with Crippen molar-refractivity contribution in [2.45, 2.75) is 52.0 Å². The maximum Gasteiger partial charge on any atom is 0.226 e. The van der Waals surface area contributed by atoms with Crippen molar-refractivity contribution >= 4 is 0 Å². The highest BCUT2D eigenvalue weighted by atomic mass is 16.5. The molecule has 5 heteroatoms. The van der Waals surface area contributed by atoms with Crippen molar-refractivity contribution in [2.75, 3.05) is 0 Å². The molecule has 0 saturated carbocycles. The van der Waals surface area contributed by atoms with Gasteiger partial charge >= 0.3 is 0 Å². The van der Waals surface area contributed by atoms with Gasteiger partial charge in [0.2, 0.25) is 5.89 Å². The monoisotopic (exact) mass is 246 g/mol. The van der Waals surface area contributed by atoms with Gasteiger partial charge < -0.3 is 9.09 Å². The van der Waals surface area contributed by atoms with Crippen LogP contribution in [0.5, 0.6) is 0 Å². The lowest BCUT2D eigenvalue weighted by molar-refractivity contribution is 0.371. The molecule has 0 radical (unpaired) electrons. The number of nitrogens with zero attached hydrogens (tertiary/aromatic N) is 4. The number of hydrogen-bond donors (Lipinski definition) is 0. The largest absolute Gasteiger partial charge is 0.339 e. The molecule has 0 unspecified atom stereocenters. The summed E-state index contributed by atoms with van der Waals surface area (Å²) in [6, 6.07) is 0. The smallest absolute Gasteiger partial charge is 0.226 e. The van der Waals surface area contributed by atoms with Crippen LogP contribution in [0.3, 0.4) is 0 Å². The highest BCUT2D eigenvalue weighted by Crippen LogP contribution is 2.20. The van der Waals surface area contributed by atoms with Crippen molar-refractivity contribution in [3.8, 4) is 0 Å². The van der Waals surface area contributed by atoms with Crippen molar-refractivity contribution in [2.24, 2.45) is 0 Å². The first-order valence-corrected chi connectivity index (χ1v) is 6.71. The summed E-state index contributed by atoms with van der Waals surface area (Å²) in [4.78, 5) is 8.87. The summed E-state index contributed by atoms with van der Waals surface area (Å²) in [5.74, 6) is 1.49. The van der Waals surface area contributed by atoms with Gasteiger partial charge in [-0.1, -0.05) is 12.1 Å². The predicted molar refractivity (Wildman–Crippen MR) is 66.3 cm³/mol. The number of fused-ring (bicyclic) bond motifs is 1. The van der Waals surface area contributed by atoms with E-state index < -0.39 is 0 Å². The first-order chi connectivity index (χ1) is 8.86. The molecule has 3 rings (SSSR count). The average Bonchev–Trinajstić information content (AvgIpc) is 2.99. The molecule has 18 heavy (non-hydrogen) atoms. The third-order valence-corrected chi connectivity index (χ3v) is 3.40. The molecule has 0 aliphatic heterocycles. The van der Waals surface area contributed by atoms with Gasteiger partial charge in [-0.15, -0.1) is 0 Å². The molecule has 0 amide bonds. The summed E-state index contributed by atoms with van der Waals surface area (Å²) in [6.45, 7) is 2.78. The van der Waals surface area contributed by atoms with Gasteiger partial charge in [-0.2, -0.15) is 4.98 Å². The Morgan fingerprint density at radius 2 is 2.22 bits per heavy atom. The summed E-state index contributed by atoms with van der Waals surface area (Å²) < 4.78 is 7.36. The fourth-order valence-electron chi connectivity index (χ4n) is 2.49. The number of rotatable bonds is 4. The van der Waals surface area contributed by atoms with Crippen LogP contribution in [0.15, 0.2) is 10.9 Å². The second kappa shape index (κ2) is 4.92. The Bertz CT molecular complexity index is 529. The zero-order chi connectivity index (χ0) is 12.4. The molecule has 0 saturated heterocycles. The van der Waals surface area contributed by atoms with Gasteiger partial charge in [0.25, 0.3) is 0 Å². The van der Waals surface area contributed by atoms with Crippen molar-refractivity contribution in [1.82, 2.24) is 19.7 Å². The van der Waals surface area contributed by atoms with Crippen LogP contribution in [-0.4, -0.2) is 19.7 Å². The topological polar surface area (TPSA) is 56.7 Å². The maximum absolute atomic E-state index is 5.20. The molecule has 1 aliphatic carbocycles. The fourth-order valence-corrected chi connectivity index (χ4v) is 2.49.